The Morgan fingerprint density at radius 2 is 1.88 bits per heavy atom. The quantitative estimate of drug-likeness (QED) is 0.316. The highest BCUT2D eigenvalue weighted by Gasteiger charge is 2.28. The van der Waals surface area contributed by atoms with Crippen LogP contribution >= 0.6 is 11.6 Å². The molecule has 1 aliphatic carbocycles. The van der Waals surface area contributed by atoms with Crippen molar-refractivity contribution in [2.75, 3.05) is 19.0 Å². The van der Waals surface area contributed by atoms with E-state index in [1.54, 1.807) is 6.08 Å². The number of allylic oxidation sites excluding steroid dienone is 1. The highest BCUT2D eigenvalue weighted by Crippen LogP contribution is 2.30. The van der Waals surface area contributed by atoms with Gasteiger partial charge in [0.1, 0.15) is 17.4 Å². The average Bonchev–Trinajstić information content (AvgIpc) is 2.78. The van der Waals surface area contributed by atoms with E-state index in [0.717, 1.165) is 12.1 Å². The molecule has 0 spiro atoms. The molecule has 0 saturated carbocycles. The van der Waals surface area contributed by atoms with Crippen LogP contribution in [0.4, 0.5) is 23.2 Å². The van der Waals surface area contributed by atoms with Crippen molar-refractivity contribution in [2.24, 2.45) is 0 Å². The Morgan fingerprint density at radius 3 is 2.52 bits per heavy atom. The number of Topliss-reactive ketones (excluding diaryl/α,β-unsaturated/α-hetero) is 1. The summed E-state index contributed by atoms with van der Waals surface area (Å²) in [6, 6.07) is 6.95. The maximum atomic E-state index is 13.9. The monoisotopic (exact) mass is 484 g/mol. The number of alkyl halides is 3. The van der Waals surface area contributed by atoms with Crippen molar-refractivity contribution in [3.63, 3.8) is 0 Å². The fraction of sp³-hybridized carbons (Fsp3) is 0.304. The lowest BCUT2D eigenvalue weighted by Gasteiger charge is -2.27. The third-order valence-corrected chi connectivity index (χ3v) is 5.50. The molecular formula is C23H21ClF4N2O3. The smallest absolute Gasteiger partial charge is 0.255 e. The van der Waals surface area contributed by atoms with Gasteiger partial charge in [-0.15, -0.1) is 11.6 Å². The molecule has 1 aliphatic rings. The van der Waals surface area contributed by atoms with Crippen LogP contribution in [-0.4, -0.2) is 43.2 Å². The van der Waals surface area contributed by atoms with Gasteiger partial charge in [0.15, 0.2) is 5.78 Å². The average molecular weight is 485 g/mol. The second-order valence-electron chi connectivity index (χ2n) is 7.44. The zero-order chi connectivity index (χ0) is 24.1. The molecule has 0 fully saturated rings. The van der Waals surface area contributed by atoms with Crippen LogP contribution in [0.5, 0.6) is 5.75 Å². The van der Waals surface area contributed by atoms with E-state index in [9.17, 15) is 27.2 Å². The van der Waals surface area contributed by atoms with E-state index < -0.39 is 41.7 Å². The number of methoxy groups -OCH3 is 1. The summed E-state index contributed by atoms with van der Waals surface area (Å²) in [5.41, 5.74) is 0.527. The Kier molecular flexibility index (Phi) is 7.97. The highest BCUT2D eigenvalue weighted by molar-refractivity contribution is 6.28. The van der Waals surface area contributed by atoms with E-state index in [0.29, 0.717) is 18.4 Å². The highest BCUT2D eigenvalue weighted by atomic mass is 35.5. The number of ketones is 1. The van der Waals surface area contributed by atoms with Crippen molar-refractivity contribution in [1.29, 1.82) is 0 Å². The predicted octanol–water partition coefficient (Wildman–Crippen LogP) is 4.96. The van der Waals surface area contributed by atoms with E-state index >= 15 is 0 Å². The van der Waals surface area contributed by atoms with E-state index in [2.05, 4.69) is 10.6 Å². The summed E-state index contributed by atoms with van der Waals surface area (Å²) in [6.07, 6.45) is -0.442. The molecule has 2 aromatic carbocycles. The Labute approximate surface area is 192 Å². The van der Waals surface area contributed by atoms with Crippen molar-refractivity contribution in [2.45, 2.75) is 30.7 Å². The first-order chi connectivity index (χ1) is 15.7. The topological polar surface area (TPSA) is 67.4 Å². The van der Waals surface area contributed by atoms with Crippen molar-refractivity contribution >= 4 is 29.0 Å². The third kappa shape index (κ3) is 6.25. The first-order valence-corrected chi connectivity index (χ1v) is 10.5. The number of halogens is 5. The van der Waals surface area contributed by atoms with E-state index in [-0.39, 0.29) is 28.6 Å². The summed E-state index contributed by atoms with van der Waals surface area (Å²) in [4.78, 5) is 25.3. The Balaban J connectivity index is 1.77. The summed E-state index contributed by atoms with van der Waals surface area (Å²) >= 11 is 6.44. The number of benzene rings is 2. The summed E-state index contributed by atoms with van der Waals surface area (Å²) < 4.78 is 56.9. The molecule has 2 N–H and O–H groups in total. The van der Waals surface area contributed by atoms with Gasteiger partial charge >= 0.3 is 0 Å². The van der Waals surface area contributed by atoms with Gasteiger partial charge in [-0.1, -0.05) is 6.08 Å². The molecule has 0 bridgehead atoms. The summed E-state index contributed by atoms with van der Waals surface area (Å²) in [7, 11) is 1.35. The van der Waals surface area contributed by atoms with Crippen molar-refractivity contribution in [3.8, 4) is 5.75 Å². The normalized spacial score (nSPS) is 18.0. The van der Waals surface area contributed by atoms with Crippen molar-refractivity contribution in [1.82, 2.24) is 5.32 Å². The molecule has 10 heteroatoms. The fourth-order valence-corrected chi connectivity index (χ4v) is 3.87. The minimum atomic E-state index is -2.71. The first kappa shape index (κ1) is 24.6. The van der Waals surface area contributed by atoms with E-state index in [1.807, 2.05) is 0 Å². The molecule has 176 valence electrons. The van der Waals surface area contributed by atoms with Gasteiger partial charge in [0.2, 0.25) is 0 Å². The van der Waals surface area contributed by atoms with Gasteiger partial charge in [-0.25, -0.2) is 17.6 Å². The standard InChI is InChI=1S/C23H21ClF4N2O3/c1-33-16-7-12(6-13(8-16)23(32)29-11-21(27)28)22(31)17-4-3-15(10-18(17)24)30-20-5-2-14(25)9-19(20)26/h2,4-9,15,18,21,30H,3,10-11H2,1H3,(H,29,32)/t15-,18?/m0/s1. The van der Waals surface area contributed by atoms with Crippen LogP contribution in [0.15, 0.2) is 48.0 Å². The van der Waals surface area contributed by atoms with Crippen molar-refractivity contribution in [3.05, 3.63) is 70.8 Å². The zero-order valence-electron chi connectivity index (χ0n) is 17.5. The number of ether oxygens (including phenoxy) is 1. The lowest BCUT2D eigenvalue weighted by Crippen LogP contribution is -2.30. The summed E-state index contributed by atoms with van der Waals surface area (Å²) in [6.45, 7) is -0.822. The Bertz CT molecular complexity index is 1080. The largest absolute Gasteiger partial charge is 0.497 e. The molecule has 1 amide bonds. The number of nitrogens with one attached hydrogen (secondary N) is 2. The molecule has 0 aromatic heterocycles. The molecule has 0 heterocycles. The van der Waals surface area contributed by atoms with Gasteiger partial charge in [0.25, 0.3) is 12.3 Å². The minimum Gasteiger partial charge on any atom is -0.497 e. The van der Waals surface area contributed by atoms with Gasteiger partial charge in [0, 0.05) is 28.8 Å². The van der Waals surface area contributed by atoms with Gasteiger partial charge in [-0.2, -0.15) is 0 Å². The van der Waals surface area contributed by atoms with Crippen LogP contribution < -0.4 is 15.4 Å². The number of rotatable bonds is 8. The lowest BCUT2D eigenvalue weighted by atomic mass is 9.89. The van der Waals surface area contributed by atoms with Crippen molar-refractivity contribution < 1.29 is 31.9 Å². The fourth-order valence-electron chi connectivity index (χ4n) is 3.47. The molecule has 0 aliphatic heterocycles. The first-order valence-electron chi connectivity index (χ1n) is 10.0. The second-order valence-corrected chi connectivity index (χ2v) is 7.97. The SMILES string of the molecule is COc1cc(C(=O)NCC(F)F)cc(C(=O)C2=CC[C@H](Nc3ccc(F)cc3F)CC2Cl)c1. The minimum absolute atomic E-state index is 0.00721. The van der Waals surface area contributed by atoms with Crippen LogP contribution in [0.25, 0.3) is 0 Å². The number of hydrogen-bond acceptors (Lipinski definition) is 4. The van der Waals surface area contributed by atoms with Gasteiger partial charge < -0.3 is 15.4 Å². The number of hydrogen-bond donors (Lipinski definition) is 2. The predicted molar refractivity (Wildman–Crippen MR) is 116 cm³/mol. The second kappa shape index (κ2) is 10.7. The number of amides is 1. The summed E-state index contributed by atoms with van der Waals surface area (Å²) in [5.74, 6) is -2.43. The number of carbonyl (C=O) groups excluding carboxylic acids is 2. The molecule has 2 aromatic rings. The van der Waals surface area contributed by atoms with Crippen LogP contribution in [0.3, 0.4) is 0 Å². The van der Waals surface area contributed by atoms with E-state index in [4.69, 9.17) is 16.3 Å². The van der Waals surface area contributed by atoms with Crippen LogP contribution in [0.2, 0.25) is 0 Å². The molecule has 0 saturated heterocycles. The van der Waals surface area contributed by atoms with Crippen LogP contribution in [-0.2, 0) is 0 Å². The molecule has 0 radical (unpaired) electrons. The molecule has 2 atom stereocenters. The maximum absolute atomic E-state index is 13.9. The number of carbonyl (C=O) groups is 2. The van der Waals surface area contributed by atoms with Crippen LogP contribution in [0, 0.1) is 11.6 Å². The molecule has 3 rings (SSSR count). The van der Waals surface area contributed by atoms with Gasteiger partial charge in [0.05, 0.1) is 24.7 Å². The third-order valence-electron chi connectivity index (χ3n) is 5.09. The lowest BCUT2D eigenvalue weighted by molar-refractivity contribution is 0.0891. The Morgan fingerprint density at radius 1 is 1.15 bits per heavy atom. The molecular weight excluding hydrogens is 464 g/mol. The zero-order valence-corrected chi connectivity index (χ0v) is 18.3. The molecule has 1 unspecified atom stereocenters. The molecule has 5 nitrogen and oxygen atoms in total. The molecule has 33 heavy (non-hydrogen) atoms. The number of anilines is 1. The van der Waals surface area contributed by atoms with Gasteiger partial charge in [-0.05, 0) is 43.2 Å². The van der Waals surface area contributed by atoms with E-state index in [1.165, 1.54) is 31.4 Å². The Hall–Kier alpha value is -3.07. The van der Waals surface area contributed by atoms with Gasteiger partial charge in [-0.3, -0.25) is 9.59 Å². The van der Waals surface area contributed by atoms with Crippen LogP contribution in [0.1, 0.15) is 33.6 Å². The maximum Gasteiger partial charge on any atom is 0.255 e. The summed E-state index contributed by atoms with van der Waals surface area (Å²) in [5, 5.41) is 4.32.